The van der Waals surface area contributed by atoms with Crippen molar-refractivity contribution in [3.05, 3.63) is 29.3 Å². The van der Waals surface area contributed by atoms with Gasteiger partial charge in [0.2, 0.25) is 5.91 Å². The van der Waals surface area contributed by atoms with Crippen LogP contribution in [0.4, 0.5) is 5.69 Å². The van der Waals surface area contributed by atoms with E-state index < -0.39 is 0 Å². The zero-order chi connectivity index (χ0) is 17.8. The van der Waals surface area contributed by atoms with Gasteiger partial charge in [-0.1, -0.05) is 6.07 Å². The molecule has 0 aliphatic carbocycles. The summed E-state index contributed by atoms with van der Waals surface area (Å²) in [5, 5.41) is 3.64. The highest BCUT2D eigenvalue weighted by atomic mass is 16.2. The van der Waals surface area contributed by atoms with Gasteiger partial charge in [-0.3, -0.25) is 4.79 Å². The van der Waals surface area contributed by atoms with E-state index >= 15 is 0 Å². The van der Waals surface area contributed by atoms with Crippen molar-refractivity contribution in [2.45, 2.75) is 52.0 Å². The van der Waals surface area contributed by atoms with E-state index in [4.69, 9.17) is 0 Å². The highest BCUT2D eigenvalue weighted by molar-refractivity contribution is 5.76. The number of nitrogens with one attached hydrogen (secondary N) is 1. The lowest BCUT2D eigenvalue weighted by molar-refractivity contribution is -0.133. The summed E-state index contributed by atoms with van der Waals surface area (Å²) in [7, 11) is 2.17. The van der Waals surface area contributed by atoms with E-state index in [2.05, 4.69) is 54.2 Å². The molecule has 2 heterocycles. The number of likely N-dealkylation sites (tertiary alicyclic amines) is 2. The number of piperidine rings is 2. The Morgan fingerprint density at radius 1 is 1.12 bits per heavy atom. The number of hydrogen-bond acceptors (Lipinski definition) is 3. The summed E-state index contributed by atoms with van der Waals surface area (Å²) in [6.45, 7) is 8.33. The number of aryl methyl sites for hydroxylation is 2. The Hall–Kier alpha value is -1.55. The smallest absolute Gasteiger partial charge is 0.222 e. The summed E-state index contributed by atoms with van der Waals surface area (Å²) in [6.07, 6.45) is 5.32. The molecule has 3 rings (SSSR count). The van der Waals surface area contributed by atoms with Crippen LogP contribution in [0.3, 0.4) is 0 Å². The van der Waals surface area contributed by atoms with Crippen LogP contribution in [0.15, 0.2) is 18.2 Å². The average Bonchev–Trinajstić information content (AvgIpc) is 2.60. The van der Waals surface area contributed by atoms with Crippen LogP contribution in [-0.2, 0) is 4.79 Å². The molecule has 1 amide bonds. The molecule has 4 nitrogen and oxygen atoms in total. The maximum absolute atomic E-state index is 12.7. The second-order valence-electron chi connectivity index (χ2n) is 8.07. The van der Waals surface area contributed by atoms with E-state index in [9.17, 15) is 4.79 Å². The quantitative estimate of drug-likeness (QED) is 0.910. The summed E-state index contributed by atoms with van der Waals surface area (Å²) in [5.74, 6) is 0.943. The topological polar surface area (TPSA) is 35.6 Å². The first-order chi connectivity index (χ1) is 12.0. The third-order valence-corrected chi connectivity index (χ3v) is 5.95. The number of anilines is 1. The third-order valence-electron chi connectivity index (χ3n) is 5.95. The van der Waals surface area contributed by atoms with Gasteiger partial charge >= 0.3 is 0 Å². The van der Waals surface area contributed by atoms with Gasteiger partial charge in [-0.2, -0.15) is 0 Å². The minimum atomic E-state index is 0.362. The number of amides is 1. The van der Waals surface area contributed by atoms with Crippen LogP contribution in [0.5, 0.6) is 0 Å². The molecule has 0 saturated carbocycles. The molecule has 1 atom stereocenters. The Balaban J connectivity index is 1.51. The van der Waals surface area contributed by atoms with E-state index in [1.165, 1.54) is 29.7 Å². The molecule has 1 aromatic carbocycles. The molecule has 1 N–H and O–H groups in total. The van der Waals surface area contributed by atoms with Gasteiger partial charge in [-0.15, -0.1) is 0 Å². The number of rotatable bonds is 4. The zero-order valence-corrected chi connectivity index (χ0v) is 16.1. The lowest BCUT2D eigenvalue weighted by Gasteiger charge is -2.35. The normalized spacial score (nSPS) is 22.8. The first kappa shape index (κ1) is 18.2. The van der Waals surface area contributed by atoms with Crippen molar-refractivity contribution in [1.29, 1.82) is 0 Å². The van der Waals surface area contributed by atoms with Crippen LogP contribution in [0.1, 0.15) is 43.2 Å². The molecule has 2 fully saturated rings. The van der Waals surface area contributed by atoms with Gasteiger partial charge < -0.3 is 15.1 Å². The van der Waals surface area contributed by atoms with E-state index in [-0.39, 0.29) is 0 Å². The maximum Gasteiger partial charge on any atom is 0.222 e. The second kappa shape index (κ2) is 8.22. The molecule has 2 saturated heterocycles. The largest absolute Gasteiger partial charge is 0.381 e. The summed E-state index contributed by atoms with van der Waals surface area (Å²) in [6, 6.07) is 6.91. The molecule has 2 aliphatic rings. The Labute approximate surface area is 152 Å². The van der Waals surface area contributed by atoms with Crippen molar-refractivity contribution in [2.75, 3.05) is 38.5 Å². The standard InChI is InChI=1S/C21H33N3O/c1-16-6-7-19(13-17(16)2)22-20-5-4-10-24(15-20)21(25)14-18-8-11-23(3)12-9-18/h6-7,13,18,20,22H,4-5,8-12,14-15H2,1-3H3/t20-/m0/s1. The van der Waals surface area contributed by atoms with Crippen LogP contribution in [0, 0.1) is 19.8 Å². The molecule has 0 radical (unpaired) electrons. The predicted octanol–water partition coefficient (Wildman–Crippen LogP) is 3.44. The molecule has 0 spiro atoms. The van der Waals surface area contributed by atoms with E-state index in [1.807, 2.05) is 0 Å². The highest BCUT2D eigenvalue weighted by Crippen LogP contribution is 2.23. The average molecular weight is 344 g/mol. The predicted molar refractivity (Wildman–Crippen MR) is 104 cm³/mol. The molecular weight excluding hydrogens is 310 g/mol. The fraction of sp³-hybridized carbons (Fsp3) is 0.667. The molecule has 1 aromatic rings. The number of nitrogens with zero attached hydrogens (tertiary/aromatic N) is 2. The summed E-state index contributed by atoms with van der Waals surface area (Å²) < 4.78 is 0. The zero-order valence-electron chi connectivity index (χ0n) is 16.1. The highest BCUT2D eigenvalue weighted by Gasteiger charge is 2.26. The van der Waals surface area contributed by atoms with Crippen LogP contribution < -0.4 is 5.32 Å². The number of hydrogen-bond donors (Lipinski definition) is 1. The Bertz CT molecular complexity index is 593. The summed E-state index contributed by atoms with van der Waals surface area (Å²) >= 11 is 0. The third kappa shape index (κ3) is 4.97. The molecule has 4 heteroatoms. The van der Waals surface area contributed by atoms with Crippen molar-refractivity contribution in [1.82, 2.24) is 9.80 Å². The minimum absolute atomic E-state index is 0.362. The first-order valence-corrected chi connectivity index (χ1v) is 9.81. The van der Waals surface area contributed by atoms with Gasteiger partial charge in [0.1, 0.15) is 0 Å². The van der Waals surface area contributed by atoms with Crippen molar-refractivity contribution >= 4 is 11.6 Å². The monoisotopic (exact) mass is 343 g/mol. The second-order valence-corrected chi connectivity index (χ2v) is 8.07. The van der Waals surface area contributed by atoms with Gasteiger partial charge in [0.05, 0.1) is 0 Å². The number of benzene rings is 1. The van der Waals surface area contributed by atoms with Gasteiger partial charge in [-0.25, -0.2) is 0 Å². The van der Waals surface area contributed by atoms with Crippen molar-refractivity contribution in [3.63, 3.8) is 0 Å². The lowest BCUT2D eigenvalue weighted by atomic mass is 9.92. The molecule has 2 aliphatic heterocycles. The van der Waals surface area contributed by atoms with Crippen molar-refractivity contribution in [2.24, 2.45) is 5.92 Å². The molecule has 0 unspecified atom stereocenters. The lowest BCUT2D eigenvalue weighted by Crippen LogP contribution is -2.46. The van der Waals surface area contributed by atoms with E-state index in [0.29, 0.717) is 17.9 Å². The first-order valence-electron chi connectivity index (χ1n) is 9.81. The van der Waals surface area contributed by atoms with Crippen LogP contribution in [-0.4, -0.2) is 55.0 Å². The Morgan fingerprint density at radius 3 is 2.60 bits per heavy atom. The molecule has 138 valence electrons. The van der Waals surface area contributed by atoms with E-state index in [0.717, 1.165) is 45.4 Å². The fourth-order valence-electron chi connectivity index (χ4n) is 4.03. The van der Waals surface area contributed by atoms with Gasteiger partial charge in [0.25, 0.3) is 0 Å². The number of carbonyl (C=O) groups excluding carboxylic acids is 1. The maximum atomic E-state index is 12.7. The summed E-state index contributed by atoms with van der Waals surface area (Å²) in [4.78, 5) is 17.2. The Morgan fingerprint density at radius 2 is 1.88 bits per heavy atom. The van der Waals surface area contributed by atoms with Crippen LogP contribution in [0.25, 0.3) is 0 Å². The van der Waals surface area contributed by atoms with Crippen molar-refractivity contribution in [3.8, 4) is 0 Å². The minimum Gasteiger partial charge on any atom is -0.381 e. The van der Waals surface area contributed by atoms with Crippen molar-refractivity contribution < 1.29 is 4.79 Å². The molecular formula is C21H33N3O. The van der Waals surface area contributed by atoms with Gasteiger partial charge in [0.15, 0.2) is 0 Å². The Kier molecular flexibility index (Phi) is 6.00. The SMILES string of the molecule is Cc1ccc(N[C@H]2CCCN(C(=O)CC3CCN(C)CC3)C2)cc1C. The molecule has 0 aromatic heterocycles. The van der Waals surface area contributed by atoms with Gasteiger partial charge in [0, 0.05) is 31.2 Å². The molecule has 25 heavy (non-hydrogen) atoms. The van der Waals surface area contributed by atoms with Gasteiger partial charge in [-0.05, 0) is 88.8 Å². The van der Waals surface area contributed by atoms with Crippen LogP contribution in [0.2, 0.25) is 0 Å². The number of carbonyl (C=O) groups is 1. The van der Waals surface area contributed by atoms with Crippen LogP contribution >= 0.6 is 0 Å². The fourth-order valence-corrected chi connectivity index (χ4v) is 4.03. The molecule has 0 bridgehead atoms. The summed E-state index contributed by atoms with van der Waals surface area (Å²) in [5.41, 5.74) is 3.82. The van der Waals surface area contributed by atoms with E-state index in [1.54, 1.807) is 0 Å².